The van der Waals surface area contributed by atoms with Crippen LogP contribution in [0.25, 0.3) is 11.3 Å². The van der Waals surface area contributed by atoms with Gasteiger partial charge in [-0.05, 0) is 67.2 Å². The van der Waals surface area contributed by atoms with Crippen LogP contribution in [0.2, 0.25) is 0 Å². The highest BCUT2D eigenvalue weighted by Gasteiger charge is 2.48. The normalized spacial score (nSPS) is 19.7. The topological polar surface area (TPSA) is 130 Å². The summed E-state index contributed by atoms with van der Waals surface area (Å²) in [6.07, 6.45) is 1.56. The largest absolute Gasteiger partial charge is 0.409 e. The highest BCUT2D eigenvalue weighted by atomic mass is 19.4. The van der Waals surface area contributed by atoms with Crippen molar-refractivity contribution in [3.8, 4) is 11.3 Å². The van der Waals surface area contributed by atoms with E-state index < -0.39 is 23.7 Å². The molecular weight excluding hydrogens is 727 g/mol. The number of halogens is 3. The molecule has 2 fully saturated rings. The lowest BCUT2D eigenvalue weighted by Crippen LogP contribution is -2.64. The van der Waals surface area contributed by atoms with Gasteiger partial charge >= 0.3 is 6.18 Å². The number of ether oxygens (including phenoxy) is 1. The molecule has 3 aliphatic heterocycles. The second kappa shape index (κ2) is 13.9. The predicted molar refractivity (Wildman–Crippen MR) is 207 cm³/mol. The first-order valence-corrected chi connectivity index (χ1v) is 18.7. The van der Waals surface area contributed by atoms with Gasteiger partial charge in [-0.3, -0.25) is 24.2 Å². The van der Waals surface area contributed by atoms with E-state index in [1.807, 2.05) is 13.0 Å². The number of anilines is 5. The summed E-state index contributed by atoms with van der Waals surface area (Å²) in [5.41, 5.74) is 5.23. The molecule has 16 heteroatoms. The van der Waals surface area contributed by atoms with E-state index in [-0.39, 0.29) is 47.6 Å². The zero-order chi connectivity index (χ0) is 39.7. The van der Waals surface area contributed by atoms with Crippen LogP contribution in [0.15, 0.2) is 60.2 Å². The Bertz CT molecular complexity index is 2310. The Morgan fingerprint density at radius 3 is 2.57 bits per heavy atom. The number of nitrogens with zero attached hydrogens (tertiary/aromatic N) is 7. The number of amides is 2. The second-order valence-electron chi connectivity index (χ2n) is 15.8. The fraction of sp³-hybridized carbons (Fsp3) is 0.425. The average molecular weight is 772 g/mol. The van der Waals surface area contributed by atoms with Gasteiger partial charge in [-0.25, -0.2) is 9.97 Å². The lowest BCUT2D eigenvalue weighted by molar-refractivity contribution is -0.165. The SMILES string of the molecule is C=CC(=O)Nc1cc(Nc2nc(-c3ccnc(N4CCn5c(cc6c5CC(C)(C)C6)C4=O)c3C)cn(C)c2=O)ccc1N1CCN(C2COC2)C[C@H]1C(F)(F)F. The Balaban J connectivity index is 1.09. The van der Waals surface area contributed by atoms with Crippen LogP contribution in [-0.2, 0) is 36.0 Å². The third-order valence-corrected chi connectivity index (χ3v) is 11.3. The zero-order valence-electron chi connectivity index (χ0n) is 31.7. The molecule has 0 bridgehead atoms. The van der Waals surface area contributed by atoms with Crippen molar-refractivity contribution >= 4 is 40.5 Å². The summed E-state index contributed by atoms with van der Waals surface area (Å²) in [6, 6.07) is 6.44. The van der Waals surface area contributed by atoms with Crippen molar-refractivity contribution in [2.24, 2.45) is 12.5 Å². The van der Waals surface area contributed by atoms with Crippen LogP contribution in [0, 0.1) is 12.3 Å². The summed E-state index contributed by atoms with van der Waals surface area (Å²) >= 11 is 0. The number of piperazine rings is 1. The molecule has 2 amide bonds. The molecule has 8 rings (SSSR count). The number of nitrogens with one attached hydrogen (secondary N) is 2. The number of aryl methyl sites for hydroxylation is 1. The van der Waals surface area contributed by atoms with Gasteiger partial charge in [0, 0.05) is 74.7 Å². The molecule has 4 aliphatic rings. The van der Waals surface area contributed by atoms with E-state index in [0.717, 1.165) is 18.9 Å². The van der Waals surface area contributed by atoms with Gasteiger partial charge in [0.25, 0.3) is 11.5 Å². The first kappa shape index (κ1) is 37.4. The van der Waals surface area contributed by atoms with Crippen molar-refractivity contribution in [2.45, 2.75) is 58.4 Å². The number of hydrogen-bond donors (Lipinski definition) is 2. The van der Waals surface area contributed by atoms with E-state index in [1.165, 1.54) is 32.9 Å². The molecule has 3 aromatic heterocycles. The Labute approximate surface area is 321 Å². The van der Waals surface area contributed by atoms with Crippen LogP contribution in [0.5, 0.6) is 0 Å². The number of benzene rings is 1. The van der Waals surface area contributed by atoms with Gasteiger partial charge in [0.1, 0.15) is 17.6 Å². The van der Waals surface area contributed by atoms with Gasteiger partial charge in [0.05, 0.1) is 36.3 Å². The van der Waals surface area contributed by atoms with Crippen molar-refractivity contribution in [3.05, 3.63) is 88.2 Å². The van der Waals surface area contributed by atoms with Crippen molar-refractivity contribution in [3.63, 3.8) is 0 Å². The summed E-state index contributed by atoms with van der Waals surface area (Å²) in [5.74, 6) is -0.273. The van der Waals surface area contributed by atoms with Crippen molar-refractivity contribution < 1.29 is 27.5 Å². The third-order valence-electron chi connectivity index (χ3n) is 11.3. The molecule has 1 atom stereocenters. The Morgan fingerprint density at radius 2 is 1.86 bits per heavy atom. The van der Waals surface area contributed by atoms with Gasteiger partial charge in [-0.2, -0.15) is 13.2 Å². The molecule has 294 valence electrons. The molecule has 13 nitrogen and oxygen atoms in total. The smallest absolute Gasteiger partial charge is 0.378 e. The first-order chi connectivity index (χ1) is 26.6. The number of alkyl halides is 3. The van der Waals surface area contributed by atoms with Crippen LogP contribution in [0.4, 0.5) is 41.9 Å². The van der Waals surface area contributed by atoms with E-state index >= 15 is 0 Å². The number of rotatable bonds is 8. The maximum atomic E-state index is 14.5. The number of hydrogen-bond acceptors (Lipinski definition) is 9. The van der Waals surface area contributed by atoms with Crippen LogP contribution in [0.1, 0.15) is 41.2 Å². The van der Waals surface area contributed by atoms with Crippen LogP contribution >= 0.6 is 0 Å². The third kappa shape index (κ3) is 6.74. The fourth-order valence-corrected chi connectivity index (χ4v) is 8.43. The Hall–Kier alpha value is -5.48. The van der Waals surface area contributed by atoms with Crippen LogP contribution < -0.4 is 26.0 Å². The standard InChI is InChI=1S/C40H44F3N9O4/c1-6-34(53)46-28-16-25(7-8-30(28)51-12-11-49(26-21-56-22-26)20-33(51)40(41,42)43)45-35-38(55)48(5)19-29(47-35)27-9-10-44-36(23(27)2)52-14-13-50-31(37(52)54)15-24-17-39(3,4)18-32(24)50/h6-10,15-16,19,26,33H,1,11-14,17-18,20-22H2,2-5H3,(H,45,47)(H,46,53)/t33-/m0/s1. The highest BCUT2D eigenvalue weighted by molar-refractivity contribution is 6.06. The van der Waals surface area contributed by atoms with Gasteiger partial charge < -0.3 is 29.4 Å². The van der Waals surface area contributed by atoms with Gasteiger partial charge in [-0.15, -0.1) is 0 Å². The number of pyridine rings is 1. The first-order valence-electron chi connectivity index (χ1n) is 18.7. The van der Waals surface area contributed by atoms with Crippen molar-refractivity contribution in [1.82, 2.24) is 24.0 Å². The van der Waals surface area contributed by atoms with E-state index in [4.69, 9.17) is 9.72 Å². The molecule has 2 saturated heterocycles. The predicted octanol–water partition coefficient (Wildman–Crippen LogP) is 5.06. The lowest BCUT2D eigenvalue weighted by Gasteiger charge is -2.48. The van der Waals surface area contributed by atoms with Gasteiger partial charge in [0.2, 0.25) is 5.91 Å². The van der Waals surface area contributed by atoms with Gasteiger partial charge in [0.15, 0.2) is 5.82 Å². The molecule has 2 N–H and O–H groups in total. The van der Waals surface area contributed by atoms with Crippen LogP contribution in [0.3, 0.4) is 0 Å². The van der Waals surface area contributed by atoms with E-state index in [0.29, 0.717) is 66.9 Å². The summed E-state index contributed by atoms with van der Waals surface area (Å²) in [4.78, 5) is 54.0. The molecule has 1 aliphatic carbocycles. The fourth-order valence-electron chi connectivity index (χ4n) is 8.43. The number of carbonyl (C=O) groups is 2. The molecular formula is C40H44F3N9O4. The lowest BCUT2D eigenvalue weighted by atomic mass is 9.90. The van der Waals surface area contributed by atoms with E-state index in [2.05, 4.69) is 40.6 Å². The molecule has 0 unspecified atom stereocenters. The van der Waals surface area contributed by atoms with E-state index in [1.54, 1.807) is 41.4 Å². The van der Waals surface area contributed by atoms with Crippen molar-refractivity contribution in [2.75, 3.05) is 59.8 Å². The Kier molecular flexibility index (Phi) is 9.31. The highest BCUT2D eigenvalue weighted by Crippen LogP contribution is 2.41. The average Bonchev–Trinajstić information content (AvgIpc) is 3.61. The molecule has 0 spiro atoms. The zero-order valence-corrected chi connectivity index (χ0v) is 31.7. The van der Waals surface area contributed by atoms with Gasteiger partial charge in [-0.1, -0.05) is 20.4 Å². The molecule has 0 radical (unpaired) electrons. The molecule has 0 saturated carbocycles. The maximum absolute atomic E-state index is 14.5. The minimum absolute atomic E-state index is 0.0506. The number of carbonyl (C=O) groups excluding carboxylic acids is 2. The second-order valence-corrected chi connectivity index (χ2v) is 15.8. The molecule has 6 heterocycles. The van der Waals surface area contributed by atoms with E-state index in [9.17, 15) is 27.6 Å². The summed E-state index contributed by atoms with van der Waals surface area (Å²) in [5, 5.41) is 5.70. The molecule has 56 heavy (non-hydrogen) atoms. The monoisotopic (exact) mass is 771 g/mol. The van der Waals surface area contributed by atoms with Crippen LogP contribution in [-0.4, -0.2) is 93.5 Å². The minimum atomic E-state index is -4.55. The minimum Gasteiger partial charge on any atom is -0.378 e. The number of aromatic nitrogens is 4. The maximum Gasteiger partial charge on any atom is 0.409 e. The Morgan fingerprint density at radius 1 is 1.07 bits per heavy atom. The summed E-state index contributed by atoms with van der Waals surface area (Å²) in [7, 11) is 1.59. The molecule has 4 aromatic rings. The number of fused-ring (bicyclic) bond motifs is 3. The van der Waals surface area contributed by atoms with Crippen molar-refractivity contribution in [1.29, 1.82) is 0 Å². The summed E-state index contributed by atoms with van der Waals surface area (Å²) < 4.78 is 52.3. The quantitative estimate of drug-likeness (QED) is 0.237. The summed E-state index contributed by atoms with van der Waals surface area (Å²) in [6.45, 7) is 12.0. The molecule has 1 aromatic carbocycles.